The number of hydrogen-bond donors (Lipinski definition) is 1. The SMILES string of the molecule is O=C(NCC1(c2ccc(F)cc2)CCOCC1)C1CCN(c2ccc(Cl)cn2)CC1. The monoisotopic (exact) mass is 431 g/mol. The molecule has 5 nitrogen and oxygen atoms in total. The third-order valence-corrected chi connectivity index (χ3v) is 6.63. The molecule has 4 rings (SSSR count). The van der Waals surface area contributed by atoms with Crippen LogP contribution in [-0.2, 0) is 14.9 Å². The van der Waals surface area contributed by atoms with E-state index in [0.717, 1.165) is 50.2 Å². The van der Waals surface area contributed by atoms with E-state index in [4.69, 9.17) is 16.3 Å². The highest BCUT2D eigenvalue weighted by Crippen LogP contribution is 2.34. The van der Waals surface area contributed by atoms with E-state index in [1.807, 2.05) is 24.3 Å². The van der Waals surface area contributed by atoms with E-state index in [1.165, 1.54) is 12.1 Å². The van der Waals surface area contributed by atoms with Crippen molar-refractivity contribution in [2.24, 2.45) is 5.92 Å². The summed E-state index contributed by atoms with van der Waals surface area (Å²) in [5.41, 5.74) is 0.867. The molecule has 0 saturated carbocycles. The Morgan fingerprint density at radius 3 is 2.50 bits per heavy atom. The third-order valence-electron chi connectivity index (χ3n) is 6.41. The number of nitrogens with one attached hydrogen (secondary N) is 1. The summed E-state index contributed by atoms with van der Waals surface area (Å²) in [5, 5.41) is 3.82. The first-order valence-corrected chi connectivity index (χ1v) is 10.9. The van der Waals surface area contributed by atoms with Gasteiger partial charge in [-0.25, -0.2) is 9.37 Å². The normalized spacial score (nSPS) is 19.5. The van der Waals surface area contributed by atoms with Crippen LogP contribution in [-0.4, -0.2) is 43.7 Å². The number of nitrogens with zero attached hydrogens (tertiary/aromatic N) is 2. The molecule has 30 heavy (non-hydrogen) atoms. The fourth-order valence-electron chi connectivity index (χ4n) is 4.46. The summed E-state index contributed by atoms with van der Waals surface area (Å²) in [6, 6.07) is 10.4. The topological polar surface area (TPSA) is 54.5 Å². The van der Waals surface area contributed by atoms with E-state index in [2.05, 4.69) is 15.2 Å². The second-order valence-corrected chi connectivity index (χ2v) is 8.65. The van der Waals surface area contributed by atoms with Gasteiger partial charge in [-0.05, 0) is 55.5 Å². The van der Waals surface area contributed by atoms with E-state index in [0.29, 0.717) is 24.8 Å². The quantitative estimate of drug-likeness (QED) is 0.778. The summed E-state index contributed by atoms with van der Waals surface area (Å²) in [6.45, 7) is 3.45. The van der Waals surface area contributed by atoms with Crippen molar-refractivity contribution in [2.45, 2.75) is 31.1 Å². The first kappa shape index (κ1) is 21.1. The Hall–Kier alpha value is -2.18. The number of rotatable bonds is 5. The number of piperidine rings is 1. The highest BCUT2D eigenvalue weighted by Gasteiger charge is 2.36. The minimum Gasteiger partial charge on any atom is -0.381 e. The van der Waals surface area contributed by atoms with Gasteiger partial charge in [-0.3, -0.25) is 4.79 Å². The number of anilines is 1. The molecule has 2 aliphatic heterocycles. The molecule has 1 aromatic heterocycles. The van der Waals surface area contributed by atoms with Crippen LogP contribution in [0.1, 0.15) is 31.2 Å². The first-order chi connectivity index (χ1) is 14.6. The molecule has 160 valence electrons. The number of amides is 1. The Morgan fingerprint density at radius 2 is 1.87 bits per heavy atom. The van der Waals surface area contributed by atoms with Gasteiger partial charge in [0.25, 0.3) is 0 Å². The summed E-state index contributed by atoms with van der Waals surface area (Å²) in [4.78, 5) is 19.5. The van der Waals surface area contributed by atoms with Gasteiger partial charge in [-0.1, -0.05) is 23.7 Å². The van der Waals surface area contributed by atoms with Gasteiger partial charge in [0.2, 0.25) is 5.91 Å². The van der Waals surface area contributed by atoms with Crippen molar-refractivity contribution < 1.29 is 13.9 Å². The lowest BCUT2D eigenvalue weighted by molar-refractivity contribution is -0.126. The highest BCUT2D eigenvalue weighted by molar-refractivity contribution is 6.30. The van der Waals surface area contributed by atoms with Crippen molar-refractivity contribution in [3.8, 4) is 0 Å². The smallest absolute Gasteiger partial charge is 0.223 e. The molecular formula is C23H27ClFN3O2. The van der Waals surface area contributed by atoms with Crippen molar-refractivity contribution in [1.29, 1.82) is 0 Å². The third kappa shape index (κ3) is 4.76. The minimum atomic E-state index is -0.244. The second kappa shape index (κ2) is 9.31. The van der Waals surface area contributed by atoms with Gasteiger partial charge in [-0.15, -0.1) is 0 Å². The van der Waals surface area contributed by atoms with Gasteiger partial charge in [0.15, 0.2) is 0 Å². The molecule has 2 saturated heterocycles. The molecule has 2 aliphatic rings. The highest BCUT2D eigenvalue weighted by atomic mass is 35.5. The Morgan fingerprint density at radius 1 is 1.17 bits per heavy atom. The predicted octanol–water partition coefficient (Wildman–Crippen LogP) is 3.96. The molecule has 0 radical (unpaired) electrons. The van der Waals surface area contributed by atoms with Crippen LogP contribution in [0.5, 0.6) is 0 Å². The molecule has 1 amide bonds. The molecule has 0 atom stereocenters. The van der Waals surface area contributed by atoms with Crippen molar-refractivity contribution in [3.05, 3.63) is 59.0 Å². The fraction of sp³-hybridized carbons (Fsp3) is 0.478. The molecule has 2 fully saturated rings. The van der Waals surface area contributed by atoms with E-state index < -0.39 is 0 Å². The van der Waals surface area contributed by atoms with Crippen LogP contribution >= 0.6 is 11.6 Å². The van der Waals surface area contributed by atoms with Crippen LogP contribution in [0.4, 0.5) is 10.2 Å². The second-order valence-electron chi connectivity index (χ2n) is 8.21. The van der Waals surface area contributed by atoms with Gasteiger partial charge in [0, 0.05) is 50.4 Å². The number of aromatic nitrogens is 1. The number of carbonyl (C=O) groups is 1. The van der Waals surface area contributed by atoms with Crippen molar-refractivity contribution in [2.75, 3.05) is 37.7 Å². The average molecular weight is 432 g/mol. The van der Waals surface area contributed by atoms with Crippen LogP contribution in [0.15, 0.2) is 42.6 Å². The van der Waals surface area contributed by atoms with Crippen LogP contribution in [0.2, 0.25) is 5.02 Å². The summed E-state index contributed by atoms with van der Waals surface area (Å²) < 4.78 is 18.9. The van der Waals surface area contributed by atoms with Crippen LogP contribution in [0.3, 0.4) is 0 Å². The molecule has 1 N–H and O–H groups in total. The summed E-state index contributed by atoms with van der Waals surface area (Å²) in [5.74, 6) is 0.757. The maximum Gasteiger partial charge on any atom is 0.223 e. The number of ether oxygens (including phenoxy) is 1. The zero-order valence-electron chi connectivity index (χ0n) is 16.9. The number of pyridine rings is 1. The van der Waals surface area contributed by atoms with Crippen LogP contribution in [0, 0.1) is 11.7 Å². The van der Waals surface area contributed by atoms with Crippen molar-refractivity contribution in [1.82, 2.24) is 10.3 Å². The molecule has 3 heterocycles. The Bertz CT molecular complexity index is 846. The maximum atomic E-state index is 13.4. The molecule has 7 heteroatoms. The molecule has 1 aromatic carbocycles. The van der Waals surface area contributed by atoms with Gasteiger partial charge in [-0.2, -0.15) is 0 Å². The lowest BCUT2D eigenvalue weighted by atomic mass is 9.74. The summed E-state index contributed by atoms with van der Waals surface area (Å²) in [6.07, 6.45) is 4.88. The van der Waals surface area contributed by atoms with Gasteiger partial charge < -0.3 is 15.0 Å². The average Bonchev–Trinajstić information content (AvgIpc) is 2.79. The molecular weight excluding hydrogens is 405 g/mol. The number of benzene rings is 1. The van der Waals surface area contributed by atoms with Gasteiger partial charge in [0.05, 0.1) is 5.02 Å². The predicted molar refractivity (Wildman–Crippen MR) is 115 cm³/mol. The summed E-state index contributed by atoms with van der Waals surface area (Å²) >= 11 is 5.92. The van der Waals surface area contributed by atoms with Gasteiger partial charge in [0.1, 0.15) is 11.6 Å². The molecule has 0 unspecified atom stereocenters. The Labute approximate surface area is 181 Å². The molecule has 0 bridgehead atoms. The molecule has 2 aromatic rings. The minimum absolute atomic E-state index is 0.00124. The lowest BCUT2D eigenvalue weighted by Gasteiger charge is -2.39. The van der Waals surface area contributed by atoms with Crippen molar-refractivity contribution in [3.63, 3.8) is 0 Å². The Balaban J connectivity index is 1.35. The first-order valence-electron chi connectivity index (χ1n) is 10.5. The fourth-order valence-corrected chi connectivity index (χ4v) is 4.57. The van der Waals surface area contributed by atoms with Crippen molar-refractivity contribution >= 4 is 23.3 Å². The van der Waals surface area contributed by atoms with E-state index in [1.54, 1.807) is 6.20 Å². The van der Waals surface area contributed by atoms with E-state index >= 15 is 0 Å². The molecule has 0 aliphatic carbocycles. The zero-order valence-corrected chi connectivity index (χ0v) is 17.7. The van der Waals surface area contributed by atoms with Gasteiger partial charge >= 0.3 is 0 Å². The lowest BCUT2D eigenvalue weighted by Crippen LogP contribution is -2.47. The number of halogens is 2. The van der Waals surface area contributed by atoms with E-state index in [-0.39, 0.29) is 23.1 Å². The summed E-state index contributed by atoms with van der Waals surface area (Å²) in [7, 11) is 0. The number of hydrogen-bond acceptors (Lipinski definition) is 4. The zero-order chi connectivity index (χ0) is 21.0. The van der Waals surface area contributed by atoms with Crippen LogP contribution in [0.25, 0.3) is 0 Å². The largest absolute Gasteiger partial charge is 0.381 e. The van der Waals surface area contributed by atoms with Crippen LogP contribution < -0.4 is 10.2 Å². The molecule has 0 spiro atoms. The Kier molecular flexibility index (Phi) is 6.54. The maximum absolute atomic E-state index is 13.4. The van der Waals surface area contributed by atoms with E-state index in [9.17, 15) is 9.18 Å². The number of carbonyl (C=O) groups excluding carboxylic acids is 1. The standard InChI is InChI=1S/C23H27ClFN3O2/c24-19-3-6-21(26-15-19)28-11-7-17(8-12-28)22(29)27-16-23(9-13-30-14-10-23)18-1-4-20(25)5-2-18/h1-6,15,17H,7-14,16H2,(H,27,29).